The molecule has 0 unspecified atom stereocenters. The molecule has 2 aromatic carbocycles. The van der Waals surface area contributed by atoms with Gasteiger partial charge in [-0.15, -0.1) is 0 Å². The topological polar surface area (TPSA) is 58.6 Å². The van der Waals surface area contributed by atoms with Gasteiger partial charge in [0.2, 0.25) is 0 Å². The Balaban J connectivity index is 2.10. The van der Waals surface area contributed by atoms with Gasteiger partial charge in [0.25, 0.3) is 5.91 Å². The molecule has 3 amide bonds. The SMILES string of the molecule is CCCN1C(=O)N/C(=C/c2c(OCC)ccc3ccccc23)C1=O. The molecule has 0 radical (unpaired) electrons. The summed E-state index contributed by atoms with van der Waals surface area (Å²) in [6.07, 6.45) is 2.44. The number of carbonyl (C=O) groups excluding carboxylic acids is 2. The Morgan fingerprint density at radius 1 is 1.12 bits per heavy atom. The van der Waals surface area contributed by atoms with Crippen molar-refractivity contribution in [2.75, 3.05) is 13.2 Å². The Labute approximate surface area is 140 Å². The van der Waals surface area contributed by atoms with Gasteiger partial charge in [0.05, 0.1) is 6.61 Å². The zero-order chi connectivity index (χ0) is 17.1. The van der Waals surface area contributed by atoms with Crippen LogP contribution in [0.15, 0.2) is 42.1 Å². The molecule has 1 saturated heterocycles. The lowest BCUT2D eigenvalue weighted by Crippen LogP contribution is -2.31. The van der Waals surface area contributed by atoms with Crippen LogP contribution in [0.3, 0.4) is 0 Å². The molecular formula is C19H20N2O3. The molecule has 0 spiro atoms. The fourth-order valence-electron chi connectivity index (χ4n) is 2.85. The van der Waals surface area contributed by atoms with Gasteiger partial charge in [-0.2, -0.15) is 0 Å². The van der Waals surface area contributed by atoms with Crippen molar-refractivity contribution in [1.29, 1.82) is 0 Å². The molecule has 0 bridgehead atoms. The predicted octanol–water partition coefficient (Wildman–Crippen LogP) is 3.54. The fraction of sp³-hybridized carbons (Fsp3) is 0.263. The quantitative estimate of drug-likeness (QED) is 0.676. The van der Waals surface area contributed by atoms with Crippen LogP contribution in [0.5, 0.6) is 5.75 Å². The third-order valence-electron chi connectivity index (χ3n) is 3.93. The fourth-order valence-corrected chi connectivity index (χ4v) is 2.85. The van der Waals surface area contributed by atoms with E-state index in [2.05, 4.69) is 5.32 Å². The number of carbonyl (C=O) groups is 2. The van der Waals surface area contributed by atoms with Crippen LogP contribution in [-0.4, -0.2) is 30.0 Å². The van der Waals surface area contributed by atoms with Gasteiger partial charge in [-0.05, 0) is 36.3 Å². The monoisotopic (exact) mass is 324 g/mol. The standard InChI is InChI=1S/C19H20N2O3/c1-3-11-21-18(22)16(20-19(21)23)12-15-14-8-6-5-7-13(14)9-10-17(15)24-4-2/h5-10,12H,3-4,11H2,1-2H3,(H,20,23)/b16-12+. The smallest absolute Gasteiger partial charge is 0.329 e. The van der Waals surface area contributed by atoms with Gasteiger partial charge in [0, 0.05) is 12.1 Å². The number of hydrogen-bond donors (Lipinski definition) is 1. The molecule has 5 heteroatoms. The van der Waals surface area contributed by atoms with E-state index >= 15 is 0 Å². The predicted molar refractivity (Wildman–Crippen MR) is 93.6 cm³/mol. The lowest BCUT2D eigenvalue weighted by molar-refractivity contribution is -0.122. The van der Waals surface area contributed by atoms with Crippen LogP contribution in [0.4, 0.5) is 4.79 Å². The molecule has 124 valence electrons. The van der Waals surface area contributed by atoms with E-state index in [1.54, 1.807) is 6.08 Å². The number of nitrogens with one attached hydrogen (secondary N) is 1. The largest absolute Gasteiger partial charge is 0.493 e. The summed E-state index contributed by atoms with van der Waals surface area (Å²) in [6, 6.07) is 11.4. The normalized spacial score (nSPS) is 16.1. The van der Waals surface area contributed by atoms with Crippen LogP contribution in [0, 0.1) is 0 Å². The number of ether oxygens (including phenoxy) is 1. The highest BCUT2D eigenvalue weighted by Crippen LogP contribution is 2.31. The average molecular weight is 324 g/mol. The number of benzene rings is 2. The van der Waals surface area contributed by atoms with Gasteiger partial charge in [-0.3, -0.25) is 9.69 Å². The molecule has 1 N–H and O–H groups in total. The van der Waals surface area contributed by atoms with Crippen molar-refractivity contribution < 1.29 is 14.3 Å². The van der Waals surface area contributed by atoms with Crippen LogP contribution >= 0.6 is 0 Å². The maximum absolute atomic E-state index is 12.4. The Hall–Kier alpha value is -2.82. The van der Waals surface area contributed by atoms with Crippen molar-refractivity contribution in [3.05, 3.63) is 47.7 Å². The van der Waals surface area contributed by atoms with Crippen LogP contribution in [0.25, 0.3) is 16.8 Å². The lowest BCUT2D eigenvalue weighted by Gasteiger charge is -2.11. The number of rotatable bonds is 5. The molecule has 1 aliphatic heterocycles. The van der Waals surface area contributed by atoms with Crippen LogP contribution in [0.1, 0.15) is 25.8 Å². The van der Waals surface area contributed by atoms with Gasteiger partial charge in [-0.25, -0.2) is 4.79 Å². The van der Waals surface area contributed by atoms with Crippen LogP contribution < -0.4 is 10.1 Å². The van der Waals surface area contributed by atoms with Gasteiger partial charge >= 0.3 is 6.03 Å². The van der Waals surface area contributed by atoms with E-state index < -0.39 is 0 Å². The minimum Gasteiger partial charge on any atom is -0.493 e. The van der Waals surface area contributed by atoms with E-state index in [1.807, 2.05) is 50.2 Å². The summed E-state index contributed by atoms with van der Waals surface area (Å²) in [4.78, 5) is 25.7. The molecule has 0 atom stereocenters. The highest BCUT2D eigenvalue weighted by molar-refractivity contribution is 6.14. The maximum atomic E-state index is 12.4. The minimum absolute atomic E-state index is 0.283. The number of nitrogens with zero attached hydrogens (tertiary/aromatic N) is 1. The molecule has 1 aliphatic rings. The Morgan fingerprint density at radius 2 is 1.92 bits per heavy atom. The summed E-state index contributed by atoms with van der Waals surface area (Å²) in [5, 5.41) is 4.69. The van der Waals surface area contributed by atoms with Crippen LogP contribution in [-0.2, 0) is 4.79 Å². The molecule has 0 saturated carbocycles. The number of urea groups is 1. The molecule has 2 aromatic rings. The summed E-state index contributed by atoms with van der Waals surface area (Å²) in [5.41, 5.74) is 1.09. The highest BCUT2D eigenvalue weighted by atomic mass is 16.5. The van der Waals surface area contributed by atoms with Crippen molar-refractivity contribution in [2.24, 2.45) is 0 Å². The van der Waals surface area contributed by atoms with E-state index in [4.69, 9.17) is 4.74 Å². The summed E-state index contributed by atoms with van der Waals surface area (Å²) in [7, 11) is 0. The van der Waals surface area contributed by atoms with Crippen molar-refractivity contribution in [1.82, 2.24) is 10.2 Å². The molecule has 24 heavy (non-hydrogen) atoms. The molecular weight excluding hydrogens is 304 g/mol. The van der Waals surface area contributed by atoms with Crippen molar-refractivity contribution in [3.8, 4) is 5.75 Å². The Kier molecular flexibility index (Phi) is 4.51. The number of hydrogen-bond acceptors (Lipinski definition) is 3. The zero-order valence-corrected chi connectivity index (χ0v) is 13.8. The Bertz CT molecular complexity index is 826. The molecule has 0 aromatic heterocycles. The van der Waals surface area contributed by atoms with E-state index in [-0.39, 0.29) is 17.6 Å². The molecule has 3 rings (SSSR count). The van der Waals surface area contributed by atoms with Crippen LogP contribution in [0.2, 0.25) is 0 Å². The minimum atomic E-state index is -0.369. The summed E-state index contributed by atoms with van der Waals surface area (Å²) < 4.78 is 5.71. The zero-order valence-electron chi connectivity index (χ0n) is 13.8. The maximum Gasteiger partial charge on any atom is 0.329 e. The van der Waals surface area contributed by atoms with E-state index in [1.165, 1.54) is 4.90 Å². The second-order valence-corrected chi connectivity index (χ2v) is 5.58. The number of imide groups is 1. The first kappa shape index (κ1) is 16.1. The van der Waals surface area contributed by atoms with E-state index in [0.717, 1.165) is 22.8 Å². The average Bonchev–Trinajstić information content (AvgIpc) is 2.85. The third-order valence-corrected chi connectivity index (χ3v) is 3.93. The second kappa shape index (κ2) is 6.74. The summed E-state index contributed by atoms with van der Waals surface area (Å²) in [5.74, 6) is 0.400. The van der Waals surface area contributed by atoms with Gasteiger partial charge in [0.1, 0.15) is 11.4 Å². The van der Waals surface area contributed by atoms with E-state index in [0.29, 0.717) is 18.9 Å². The number of fused-ring (bicyclic) bond motifs is 1. The number of amides is 3. The summed E-state index contributed by atoms with van der Waals surface area (Å²) in [6.45, 7) is 4.78. The molecule has 1 heterocycles. The molecule has 1 fully saturated rings. The summed E-state index contributed by atoms with van der Waals surface area (Å²) >= 11 is 0. The Morgan fingerprint density at radius 3 is 2.67 bits per heavy atom. The van der Waals surface area contributed by atoms with E-state index in [9.17, 15) is 9.59 Å². The highest BCUT2D eigenvalue weighted by Gasteiger charge is 2.33. The van der Waals surface area contributed by atoms with Crippen molar-refractivity contribution in [2.45, 2.75) is 20.3 Å². The second-order valence-electron chi connectivity index (χ2n) is 5.58. The lowest BCUT2D eigenvalue weighted by atomic mass is 10.0. The third kappa shape index (κ3) is 2.85. The van der Waals surface area contributed by atoms with Crippen molar-refractivity contribution in [3.63, 3.8) is 0 Å². The van der Waals surface area contributed by atoms with Gasteiger partial charge in [-0.1, -0.05) is 37.3 Å². The molecule has 5 nitrogen and oxygen atoms in total. The first-order valence-corrected chi connectivity index (χ1v) is 8.14. The first-order valence-electron chi connectivity index (χ1n) is 8.14. The van der Waals surface area contributed by atoms with Gasteiger partial charge in [0.15, 0.2) is 0 Å². The molecule has 0 aliphatic carbocycles. The van der Waals surface area contributed by atoms with Crippen molar-refractivity contribution >= 4 is 28.8 Å². The first-order chi connectivity index (χ1) is 11.7. The van der Waals surface area contributed by atoms with Gasteiger partial charge < -0.3 is 10.1 Å².